The van der Waals surface area contributed by atoms with Crippen LogP contribution in [0.3, 0.4) is 0 Å². The minimum absolute atomic E-state index is 0.157. The summed E-state index contributed by atoms with van der Waals surface area (Å²) in [7, 11) is 0. The average molecular weight is 367 g/mol. The number of nitrogens with zero attached hydrogens (tertiary/aromatic N) is 2. The molecule has 5 nitrogen and oxygen atoms in total. The highest BCUT2D eigenvalue weighted by molar-refractivity contribution is 6.30. The average Bonchev–Trinajstić information content (AvgIpc) is 2.69. The first kappa shape index (κ1) is 17.9. The second-order valence-electron chi connectivity index (χ2n) is 5.80. The Bertz CT molecular complexity index is 853. The van der Waals surface area contributed by atoms with E-state index >= 15 is 0 Å². The zero-order valence-electron chi connectivity index (χ0n) is 14.2. The minimum atomic E-state index is -0.157. The maximum atomic E-state index is 12.3. The summed E-state index contributed by atoms with van der Waals surface area (Å²) < 4.78 is 0. The van der Waals surface area contributed by atoms with Crippen LogP contribution in [0.2, 0.25) is 5.02 Å². The van der Waals surface area contributed by atoms with Gasteiger partial charge in [0.25, 0.3) is 5.91 Å². The lowest BCUT2D eigenvalue weighted by Gasteiger charge is -2.09. The molecule has 0 saturated carbocycles. The molecule has 0 aliphatic heterocycles. The van der Waals surface area contributed by atoms with Gasteiger partial charge in [-0.15, -0.1) is 0 Å². The summed E-state index contributed by atoms with van der Waals surface area (Å²) in [6.45, 7) is 1.20. The number of hydrogen-bond donors (Lipinski definition) is 2. The van der Waals surface area contributed by atoms with Gasteiger partial charge in [0.15, 0.2) is 0 Å². The van der Waals surface area contributed by atoms with Gasteiger partial charge in [0.1, 0.15) is 0 Å². The Kier molecular flexibility index (Phi) is 6.17. The molecule has 1 amide bonds. The van der Waals surface area contributed by atoms with Crippen LogP contribution in [-0.2, 0) is 13.0 Å². The molecular formula is C20H19ClN4O. The summed E-state index contributed by atoms with van der Waals surface area (Å²) in [5.74, 6) is -0.157. The second-order valence-corrected chi connectivity index (χ2v) is 6.24. The van der Waals surface area contributed by atoms with Crippen LogP contribution in [0.15, 0.2) is 67.3 Å². The molecule has 2 aromatic heterocycles. The third kappa shape index (κ3) is 5.29. The maximum Gasteiger partial charge on any atom is 0.253 e. The summed E-state index contributed by atoms with van der Waals surface area (Å²) in [6.07, 6.45) is 7.53. The molecule has 0 aliphatic carbocycles. The number of rotatable bonds is 7. The zero-order valence-corrected chi connectivity index (χ0v) is 14.9. The van der Waals surface area contributed by atoms with Crippen LogP contribution >= 0.6 is 11.6 Å². The number of pyridine rings is 2. The van der Waals surface area contributed by atoms with E-state index in [1.54, 1.807) is 30.9 Å². The van der Waals surface area contributed by atoms with Crippen molar-refractivity contribution < 1.29 is 4.79 Å². The fraction of sp³-hybridized carbons (Fsp3) is 0.150. The molecule has 6 heteroatoms. The smallest absolute Gasteiger partial charge is 0.253 e. The number of nitrogens with one attached hydrogen (secondary N) is 2. The van der Waals surface area contributed by atoms with Crippen LogP contribution in [0.5, 0.6) is 0 Å². The molecule has 2 N–H and O–H groups in total. The van der Waals surface area contributed by atoms with Gasteiger partial charge in [-0.25, -0.2) is 0 Å². The standard InChI is InChI=1S/C20H19ClN4O/c21-18-3-1-15(2-4-18)7-10-24-19-11-17(13-23-14-19)20(26)25-12-16-5-8-22-9-6-16/h1-6,8-9,11,13-14,24H,7,10,12H2,(H,25,26). The Labute approximate surface area is 157 Å². The number of amides is 1. The number of benzene rings is 1. The summed E-state index contributed by atoms with van der Waals surface area (Å²) in [4.78, 5) is 20.4. The number of anilines is 1. The topological polar surface area (TPSA) is 66.9 Å². The van der Waals surface area contributed by atoms with Crippen molar-refractivity contribution in [3.8, 4) is 0 Å². The molecule has 0 spiro atoms. The molecule has 0 saturated heterocycles. The number of carbonyl (C=O) groups is 1. The molecule has 2 heterocycles. The van der Waals surface area contributed by atoms with Crippen molar-refractivity contribution in [1.29, 1.82) is 0 Å². The van der Waals surface area contributed by atoms with Gasteiger partial charge in [0.05, 0.1) is 11.3 Å². The fourth-order valence-electron chi connectivity index (χ4n) is 2.45. The molecule has 0 unspecified atom stereocenters. The first-order chi connectivity index (χ1) is 12.7. The molecular weight excluding hydrogens is 348 g/mol. The first-order valence-electron chi connectivity index (χ1n) is 8.31. The van der Waals surface area contributed by atoms with Crippen molar-refractivity contribution in [3.63, 3.8) is 0 Å². The molecule has 0 atom stereocenters. The summed E-state index contributed by atoms with van der Waals surface area (Å²) >= 11 is 5.89. The van der Waals surface area contributed by atoms with Gasteiger partial charge in [0.2, 0.25) is 0 Å². The normalized spacial score (nSPS) is 10.3. The Morgan fingerprint density at radius 1 is 0.962 bits per heavy atom. The van der Waals surface area contributed by atoms with Crippen molar-refractivity contribution in [2.45, 2.75) is 13.0 Å². The van der Waals surface area contributed by atoms with E-state index in [-0.39, 0.29) is 5.91 Å². The van der Waals surface area contributed by atoms with Crippen molar-refractivity contribution in [2.75, 3.05) is 11.9 Å². The van der Waals surface area contributed by atoms with Crippen LogP contribution in [0.25, 0.3) is 0 Å². The van der Waals surface area contributed by atoms with Crippen molar-refractivity contribution in [2.24, 2.45) is 0 Å². The molecule has 1 aromatic carbocycles. The van der Waals surface area contributed by atoms with Crippen LogP contribution < -0.4 is 10.6 Å². The molecule has 0 radical (unpaired) electrons. The fourth-order valence-corrected chi connectivity index (χ4v) is 2.57. The first-order valence-corrected chi connectivity index (χ1v) is 8.69. The van der Waals surface area contributed by atoms with E-state index in [1.165, 1.54) is 5.56 Å². The van der Waals surface area contributed by atoms with E-state index in [4.69, 9.17) is 11.6 Å². The lowest BCUT2D eigenvalue weighted by molar-refractivity contribution is 0.0950. The maximum absolute atomic E-state index is 12.3. The predicted octanol–water partition coefficient (Wildman–Crippen LogP) is 3.71. The van der Waals surface area contributed by atoms with E-state index < -0.39 is 0 Å². The number of aromatic nitrogens is 2. The molecule has 0 aliphatic rings. The molecule has 0 fully saturated rings. The summed E-state index contributed by atoms with van der Waals surface area (Å²) in [5.41, 5.74) is 3.53. The Balaban J connectivity index is 1.52. The SMILES string of the molecule is O=C(NCc1ccncc1)c1cncc(NCCc2ccc(Cl)cc2)c1. The largest absolute Gasteiger partial charge is 0.383 e. The number of halogens is 1. The highest BCUT2D eigenvalue weighted by Crippen LogP contribution is 2.12. The molecule has 3 rings (SSSR count). The van der Waals surface area contributed by atoms with Gasteiger partial charge in [-0.3, -0.25) is 14.8 Å². The van der Waals surface area contributed by atoms with Crippen LogP contribution in [0.1, 0.15) is 21.5 Å². The highest BCUT2D eigenvalue weighted by atomic mass is 35.5. The van der Waals surface area contributed by atoms with Gasteiger partial charge in [-0.05, 0) is 47.9 Å². The van der Waals surface area contributed by atoms with Gasteiger partial charge in [0, 0.05) is 42.9 Å². The van der Waals surface area contributed by atoms with E-state index in [9.17, 15) is 4.79 Å². The number of carbonyl (C=O) groups excluding carboxylic acids is 1. The molecule has 3 aromatic rings. The van der Waals surface area contributed by atoms with E-state index in [1.807, 2.05) is 36.4 Å². The lowest BCUT2D eigenvalue weighted by Crippen LogP contribution is -2.23. The monoisotopic (exact) mass is 366 g/mol. The van der Waals surface area contributed by atoms with Crippen LogP contribution in [0, 0.1) is 0 Å². The van der Waals surface area contributed by atoms with E-state index in [0.717, 1.165) is 29.2 Å². The Hall–Kier alpha value is -2.92. The Morgan fingerprint density at radius 2 is 1.73 bits per heavy atom. The zero-order chi connectivity index (χ0) is 18.2. The van der Waals surface area contributed by atoms with Gasteiger partial charge >= 0.3 is 0 Å². The Morgan fingerprint density at radius 3 is 2.50 bits per heavy atom. The van der Waals surface area contributed by atoms with E-state index in [2.05, 4.69) is 20.6 Å². The quantitative estimate of drug-likeness (QED) is 0.668. The van der Waals surface area contributed by atoms with E-state index in [0.29, 0.717) is 12.1 Å². The predicted molar refractivity (Wildman–Crippen MR) is 103 cm³/mol. The molecule has 26 heavy (non-hydrogen) atoms. The molecule has 132 valence electrons. The second kappa shape index (κ2) is 8.97. The minimum Gasteiger partial charge on any atom is -0.383 e. The van der Waals surface area contributed by atoms with Crippen LogP contribution in [0.4, 0.5) is 5.69 Å². The van der Waals surface area contributed by atoms with Crippen LogP contribution in [-0.4, -0.2) is 22.4 Å². The summed E-state index contributed by atoms with van der Waals surface area (Å²) in [5, 5.41) is 6.91. The third-order valence-corrected chi connectivity index (χ3v) is 4.11. The van der Waals surface area contributed by atoms with Crippen molar-refractivity contribution in [3.05, 3.63) is 89.0 Å². The summed E-state index contributed by atoms with van der Waals surface area (Å²) in [6, 6.07) is 13.3. The van der Waals surface area contributed by atoms with Gasteiger partial charge in [-0.1, -0.05) is 23.7 Å². The van der Waals surface area contributed by atoms with Crippen molar-refractivity contribution >= 4 is 23.2 Å². The number of hydrogen-bond acceptors (Lipinski definition) is 4. The highest BCUT2D eigenvalue weighted by Gasteiger charge is 2.07. The van der Waals surface area contributed by atoms with Gasteiger partial charge in [-0.2, -0.15) is 0 Å². The van der Waals surface area contributed by atoms with Gasteiger partial charge < -0.3 is 10.6 Å². The lowest BCUT2D eigenvalue weighted by atomic mass is 10.1. The third-order valence-electron chi connectivity index (χ3n) is 3.86. The van der Waals surface area contributed by atoms with Crippen molar-refractivity contribution in [1.82, 2.24) is 15.3 Å². The molecule has 0 bridgehead atoms.